The van der Waals surface area contributed by atoms with Gasteiger partial charge in [-0.1, -0.05) is 41.4 Å². The van der Waals surface area contributed by atoms with Gasteiger partial charge in [0.15, 0.2) is 0 Å². The molecule has 0 spiro atoms. The molecule has 1 nitrogen and oxygen atoms in total. The first-order chi connectivity index (χ1) is 3.98. The molecule has 0 aromatic carbocycles. The van der Waals surface area contributed by atoms with Crippen molar-refractivity contribution in [3.63, 3.8) is 0 Å². The Balaban J connectivity index is 4.22. The Bertz CT molecular complexity index is 162. The fraction of sp³-hybridized carbons (Fsp3) is 0.200. The summed E-state index contributed by atoms with van der Waals surface area (Å²) in [5, 5.41) is 0. The molecule has 9 heavy (non-hydrogen) atoms. The van der Waals surface area contributed by atoms with Gasteiger partial charge in [-0.25, -0.2) is 0 Å². The zero-order chi connectivity index (χ0) is 7.49. The number of allylic oxidation sites excluding steroid dienone is 1. The summed E-state index contributed by atoms with van der Waals surface area (Å²) in [5.74, 6) is -0.637. The zero-order valence-corrected chi connectivity index (χ0v) is 6.59. The lowest BCUT2D eigenvalue weighted by atomic mass is 10.4. The first-order valence-corrected chi connectivity index (χ1v) is 3.09. The number of hydrogen-bond donors (Lipinski definition) is 0. The van der Waals surface area contributed by atoms with Crippen molar-refractivity contribution in [3.05, 3.63) is 18.4 Å². The van der Waals surface area contributed by atoms with Crippen LogP contribution in [0.1, 0.15) is 0 Å². The SMILES string of the molecule is C=C=CC(=O)C(Cl)(Cl)Cl. The van der Waals surface area contributed by atoms with Crippen molar-refractivity contribution in [1.82, 2.24) is 0 Å². The van der Waals surface area contributed by atoms with Gasteiger partial charge >= 0.3 is 0 Å². The van der Waals surface area contributed by atoms with E-state index in [0.29, 0.717) is 0 Å². The Morgan fingerprint density at radius 1 is 1.56 bits per heavy atom. The van der Waals surface area contributed by atoms with Crippen molar-refractivity contribution in [2.45, 2.75) is 3.79 Å². The molecule has 0 bridgehead atoms. The highest BCUT2D eigenvalue weighted by Gasteiger charge is 2.27. The van der Waals surface area contributed by atoms with E-state index in [4.69, 9.17) is 34.8 Å². The van der Waals surface area contributed by atoms with Crippen molar-refractivity contribution in [3.8, 4) is 0 Å². The fourth-order valence-corrected chi connectivity index (χ4v) is 0.338. The fourth-order valence-electron chi connectivity index (χ4n) is 0.175. The molecule has 0 rings (SSSR count). The normalized spacial score (nSPS) is 10.1. The molecule has 0 fully saturated rings. The summed E-state index contributed by atoms with van der Waals surface area (Å²) in [7, 11) is 0. The van der Waals surface area contributed by atoms with Gasteiger partial charge in [0.2, 0.25) is 5.78 Å². The minimum Gasteiger partial charge on any atom is -0.289 e. The first-order valence-electron chi connectivity index (χ1n) is 1.95. The Kier molecular flexibility index (Phi) is 3.31. The third-order valence-electron chi connectivity index (χ3n) is 0.513. The summed E-state index contributed by atoms with van der Waals surface area (Å²) in [5.41, 5.74) is 2.20. The molecule has 0 aromatic rings. The van der Waals surface area contributed by atoms with Gasteiger partial charge in [-0.05, 0) is 0 Å². The lowest BCUT2D eigenvalue weighted by molar-refractivity contribution is -0.113. The van der Waals surface area contributed by atoms with Crippen LogP contribution in [-0.2, 0) is 4.79 Å². The molecule has 0 aliphatic heterocycles. The summed E-state index contributed by atoms with van der Waals surface area (Å²) in [4.78, 5) is 10.5. The Labute approximate surface area is 67.9 Å². The molecular weight excluding hydrogens is 182 g/mol. The van der Waals surface area contributed by atoms with Gasteiger partial charge in [-0.15, -0.1) is 5.73 Å². The smallest absolute Gasteiger partial charge is 0.253 e. The molecule has 0 heterocycles. The molecule has 0 unspecified atom stereocenters. The quantitative estimate of drug-likeness (QED) is 0.348. The van der Waals surface area contributed by atoms with E-state index in [2.05, 4.69) is 12.3 Å². The number of rotatable bonds is 1. The highest BCUT2D eigenvalue weighted by molar-refractivity contribution is 6.77. The largest absolute Gasteiger partial charge is 0.289 e. The Morgan fingerprint density at radius 2 is 2.00 bits per heavy atom. The van der Waals surface area contributed by atoms with Crippen molar-refractivity contribution < 1.29 is 4.79 Å². The first kappa shape index (κ1) is 9.06. The molecule has 0 amide bonds. The summed E-state index contributed by atoms with van der Waals surface area (Å²) in [6, 6.07) is 0. The van der Waals surface area contributed by atoms with Crippen LogP contribution in [0.25, 0.3) is 0 Å². The molecule has 0 aliphatic carbocycles. The maximum atomic E-state index is 10.5. The van der Waals surface area contributed by atoms with Crippen molar-refractivity contribution in [2.75, 3.05) is 0 Å². The predicted molar refractivity (Wildman–Crippen MR) is 39.0 cm³/mol. The molecule has 0 aliphatic rings. The summed E-state index contributed by atoms with van der Waals surface area (Å²) >= 11 is 15.4. The number of hydrogen-bond acceptors (Lipinski definition) is 1. The molecule has 0 radical (unpaired) electrons. The number of carbonyl (C=O) groups is 1. The van der Waals surface area contributed by atoms with Crippen LogP contribution in [0.3, 0.4) is 0 Å². The molecule has 4 heteroatoms. The summed E-state index contributed by atoms with van der Waals surface area (Å²) in [6.07, 6.45) is 0.979. The number of alkyl halides is 3. The van der Waals surface area contributed by atoms with Gasteiger partial charge in [0.05, 0.1) is 0 Å². The van der Waals surface area contributed by atoms with Crippen LogP contribution in [0.2, 0.25) is 0 Å². The van der Waals surface area contributed by atoms with E-state index in [1.807, 2.05) is 0 Å². The Hall–Kier alpha value is 0.0600. The van der Waals surface area contributed by atoms with Gasteiger partial charge in [-0.3, -0.25) is 4.79 Å². The maximum absolute atomic E-state index is 10.5. The molecule has 0 N–H and O–H groups in total. The third-order valence-corrected chi connectivity index (χ3v) is 1.07. The lowest BCUT2D eigenvalue weighted by Gasteiger charge is -2.02. The van der Waals surface area contributed by atoms with Gasteiger partial charge < -0.3 is 0 Å². The van der Waals surface area contributed by atoms with E-state index in [9.17, 15) is 4.79 Å². The molecular formula is C5H3Cl3O. The van der Waals surface area contributed by atoms with Crippen molar-refractivity contribution in [2.24, 2.45) is 0 Å². The van der Waals surface area contributed by atoms with Crippen molar-refractivity contribution in [1.29, 1.82) is 0 Å². The second kappa shape index (κ2) is 3.28. The topological polar surface area (TPSA) is 17.1 Å². The van der Waals surface area contributed by atoms with Crippen molar-refractivity contribution >= 4 is 40.6 Å². The van der Waals surface area contributed by atoms with Gasteiger partial charge in [0.25, 0.3) is 3.79 Å². The zero-order valence-electron chi connectivity index (χ0n) is 4.33. The highest BCUT2D eigenvalue weighted by atomic mass is 35.6. The second-order valence-corrected chi connectivity index (χ2v) is 3.49. The van der Waals surface area contributed by atoms with E-state index in [-0.39, 0.29) is 0 Å². The standard InChI is InChI=1S/C5H3Cl3O/c1-2-3-4(9)5(6,7)8/h3H,1H2. The van der Waals surface area contributed by atoms with Crippen LogP contribution >= 0.6 is 34.8 Å². The molecule has 50 valence electrons. The number of halogens is 3. The van der Waals surface area contributed by atoms with E-state index < -0.39 is 9.58 Å². The molecule has 0 saturated heterocycles. The van der Waals surface area contributed by atoms with Crippen LogP contribution in [0, 0.1) is 0 Å². The minimum absolute atomic E-state index is 0.637. The Morgan fingerprint density at radius 3 is 2.11 bits per heavy atom. The van der Waals surface area contributed by atoms with Crippen LogP contribution in [0.4, 0.5) is 0 Å². The monoisotopic (exact) mass is 184 g/mol. The number of carbonyl (C=O) groups excluding carboxylic acids is 1. The summed E-state index contributed by atoms with van der Waals surface area (Å²) < 4.78 is -1.87. The van der Waals surface area contributed by atoms with E-state index >= 15 is 0 Å². The van der Waals surface area contributed by atoms with Gasteiger partial charge in [0, 0.05) is 6.08 Å². The van der Waals surface area contributed by atoms with Gasteiger partial charge in [0.1, 0.15) is 0 Å². The maximum Gasteiger partial charge on any atom is 0.253 e. The third kappa shape index (κ3) is 3.61. The molecule has 0 atom stereocenters. The predicted octanol–water partition coefficient (Wildman–Crippen LogP) is 2.27. The highest BCUT2D eigenvalue weighted by Crippen LogP contribution is 2.27. The average molecular weight is 185 g/mol. The van der Waals surface area contributed by atoms with Crippen LogP contribution < -0.4 is 0 Å². The lowest BCUT2D eigenvalue weighted by Crippen LogP contribution is -2.15. The van der Waals surface area contributed by atoms with Gasteiger partial charge in [-0.2, -0.15) is 0 Å². The van der Waals surface area contributed by atoms with E-state index in [0.717, 1.165) is 6.08 Å². The van der Waals surface area contributed by atoms with Crippen LogP contribution in [0.5, 0.6) is 0 Å². The number of ketones is 1. The molecule has 0 aromatic heterocycles. The second-order valence-electron chi connectivity index (χ2n) is 1.21. The minimum atomic E-state index is -1.87. The van der Waals surface area contributed by atoms with E-state index in [1.165, 1.54) is 0 Å². The van der Waals surface area contributed by atoms with Crippen LogP contribution in [0.15, 0.2) is 18.4 Å². The molecule has 0 saturated carbocycles. The summed E-state index contributed by atoms with van der Waals surface area (Å²) in [6.45, 7) is 3.14. The van der Waals surface area contributed by atoms with Crippen LogP contribution in [-0.4, -0.2) is 9.58 Å². The average Bonchev–Trinajstić information content (AvgIpc) is 1.64. The van der Waals surface area contributed by atoms with E-state index in [1.54, 1.807) is 0 Å².